The molecular weight excluding hydrogens is 965 g/mol. The van der Waals surface area contributed by atoms with Crippen molar-refractivity contribution in [1.82, 2.24) is 29.4 Å². The van der Waals surface area contributed by atoms with E-state index in [-0.39, 0.29) is 89.4 Å². The van der Waals surface area contributed by atoms with Gasteiger partial charge >= 0.3 is 47.8 Å². The fourth-order valence-corrected chi connectivity index (χ4v) is 8.85. The quantitative estimate of drug-likeness (QED) is 0.202. The molecule has 0 atom stereocenters. The van der Waals surface area contributed by atoms with Gasteiger partial charge in [0.2, 0.25) is 0 Å². The Labute approximate surface area is 439 Å². The smallest absolute Gasteiger partial charge is 0.320 e. The van der Waals surface area contributed by atoms with Crippen LogP contribution < -0.4 is 0 Å². The molecule has 0 N–H and O–H groups in total. The Morgan fingerprint density at radius 1 is 0.365 bits per heavy atom. The van der Waals surface area contributed by atoms with Gasteiger partial charge in [-0.15, -0.1) is 0 Å². The van der Waals surface area contributed by atoms with E-state index < -0.39 is 68.6 Å². The first-order valence-electron chi connectivity index (χ1n) is 25.5. The topological polar surface area (TPSA) is 230 Å². The van der Waals surface area contributed by atoms with Gasteiger partial charge in [-0.3, -0.25) is 67.8 Å². The van der Waals surface area contributed by atoms with E-state index in [2.05, 4.69) is 0 Å². The van der Waals surface area contributed by atoms with Gasteiger partial charge in [-0.05, 0) is 125 Å². The second kappa shape index (κ2) is 25.1. The maximum absolute atomic E-state index is 12.8. The summed E-state index contributed by atoms with van der Waals surface area (Å²) in [5.74, 6) is -3.35. The van der Waals surface area contributed by atoms with Crippen LogP contribution in [0.3, 0.4) is 0 Å². The summed E-state index contributed by atoms with van der Waals surface area (Å²) in [4.78, 5) is 112. The Bertz CT molecular complexity index is 1770. The molecule has 0 bridgehead atoms. The van der Waals surface area contributed by atoms with Gasteiger partial charge < -0.3 is 37.9 Å². The third-order valence-corrected chi connectivity index (χ3v) is 11.1. The third kappa shape index (κ3) is 24.0. The molecule has 2 spiro atoms. The van der Waals surface area contributed by atoms with Gasteiger partial charge in [-0.25, -0.2) is 0 Å². The molecule has 0 aromatic carbocycles. The molecule has 4 rings (SSSR count). The fraction of sp³-hybridized carbons (Fsp3) is 0.846. The number of carbonyl (C=O) groups excluding carboxylic acids is 8. The molecule has 0 unspecified atom stereocenters. The summed E-state index contributed by atoms with van der Waals surface area (Å²) >= 11 is 0. The maximum atomic E-state index is 12.8. The molecule has 0 radical (unpaired) electrons. The lowest BCUT2D eigenvalue weighted by Crippen LogP contribution is -2.67. The first-order chi connectivity index (χ1) is 33.5. The second-order valence-electron chi connectivity index (χ2n) is 25.8. The molecule has 74 heavy (non-hydrogen) atoms. The molecule has 22 nitrogen and oxygen atoms in total. The number of rotatable bonds is 12. The molecule has 0 aliphatic carbocycles. The van der Waals surface area contributed by atoms with Crippen LogP contribution >= 0.6 is 0 Å². The van der Waals surface area contributed by atoms with Crippen molar-refractivity contribution in [3.8, 4) is 0 Å². The van der Waals surface area contributed by atoms with E-state index in [0.29, 0.717) is 52.4 Å². The van der Waals surface area contributed by atoms with Crippen molar-refractivity contribution in [2.75, 3.05) is 118 Å². The molecule has 0 amide bonds. The first-order valence-corrected chi connectivity index (χ1v) is 25.5. The summed E-state index contributed by atoms with van der Waals surface area (Å²) in [5, 5.41) is 0. The van der Waals surface area contributed by atoms with Gasteiger partial charge in [0.25, 0.3) is 0 Å². The van der Waals surface area contributed by atoms with Crippen molar-refractivity contribution in [2.45, 2.75) is 169 Å². The zero-order valence-electron chi connectivity index (χ0n) is 47.9. The lowest BCUT2D eigenvalue weighted by molar-refractivity contribution is -0.175. The van der Waals surface area contributed by atoms with Crippen molar-refractivity contribution in [3.63, 3.8) is 0 Å². The highest BCUT2D eigenvalue weighted by Gasteiger charge is 2.50. The van der Waals surface area contributed by atoms with Crippen molar-refractivity contribution in [1.29, 1.82) is 0 Å². The number of morpholine rings is 2. The lowest BCUT2D eigenvalue weighted by atomic mass is 9.94. The summed E-state index contributed by atoms with van der Waals surface area (Å²) in [5.41, 5.74) is -5.61. The minimum atomic E-state index is -0.856. The second-order valence-corrected chi connectivity index (χ2v) is 25.8. The van der Waals surface area contributed by atoms with Gasteiger partial charge in [0, 0.05) is 52.4 Å². The Hall–Kier alpha value is -4.48. The van der Waals surface area contributed by atoms with E-state index >= 15 is 0 Å². The van der Waals surface area contributed by atoms with Gasteiger partial charge in [-0.2, -0.15) is 0 Å². The van der Waals surface area contributed by atoms with Crippen molar-refractivity contribution in [2.24, 2.45) is 0 Å². The normalized spacial score (nSPS) is 20.2. The van der Waals surface area contributed by atoms with Crippen LogP contribution in [0.4, 0.5) is 0 Å². The van der Waals surface area contributed by atoms with E-state index in [1.807, 2.05) is 19.6 Å². The molecule has 0 aromatic heterocycles. The van der Waals surface area contributed by atoms with Crippen LogP contribution in [-0.4, -0.2) is 240 Å². The lowest BCUT2D eigenvalue weighted by Gasteiger charge is -2.47. The van der Waals surface area contributed by atoms with Crippen molar-refractivity contribution in [3.05, 3.63) is 0 Å². The first kappa shape index (κ1) is 63.8. The zero-order chi connectivity index (χ0) is 56.5. The average molecular weight is 1060 g/mol. The number of carbonyl (C=O) groups is 8. The summed E-state index contributed by atoms with van der Waals surface area (Å²) < 4.78 is 44.1. The van der Waals surface area contributed by atoms with Crippen LogP contribution in [0.25, 0.3) is 0 Å². The minimum Gasteiger partial charge on any atom is -0.463 e. The van der Waals surface area contributed by atoms with Gasteiger partial charge in [0.15, 0.2) is 0 Å². The van der Waals surface area contributed by atoms with Crippen LogP contribution in [0.15, 0.2) is 0 Å². The predicted molar refractivity (Wildman–Crippen MR) is 271 cm³/mol. The van der Waals surface area contributed by atoms with Crippen LogP contribution in [0.5, 0.6) is 0 Å². The summed E-state index contributed by atoms with van der Waals surface area (Å²) in [6.45, 7) is 35.1. The summed E-state index contributed by atoms with van der Waals surface area (Å²) in [6, 6.07) is 0. The Kier molecular flexibility index (Phi) is 21.7. The maximum Gasteiger partial charge on any atom is 0.320 e. The zero-order valence-corrected chi connectivity index (χ0v) is 47.9. The molecule has 22 heteroatoms. The molecular formula is C52H90N6O16. The predicted octanol–water partition coefficient (Wildman–Crippen LogP) is 2.45. The number of nitrogens with zero attached hydrogens (tertiary/aromatic N) is 6. The van der Waals surface area contributed by atoms with E-state index in [0.717, 1.165) is 0 Å². The minimum absolute atomic E-state index is 0.00423. The Balaban J connectivity index is 0.000000390. The molecule has 4 heterocycles. The van der Waals surface area contributed by atoms with Gasteiger partial charge in [-0.1, -0.05) is 0 Å². The highest BCUT2D eigenvalue weighted by atomic mass is 16.6. The molecule has 4 aliphatic heterocycles. The number of cyclic esters (lactones) is 2. The molecule has 4 fully saturated rings. The fourth-order valence-electron chi connectivity index (χ4n) is 8.85. The number of esters is 8. The monoisotopic (exact) mass is 1050 g/mol. The van der Waals surface area contributed by atoms with E-state index in [4.69, 9.17) is 37.9 Å². The van der Waals surface area contributed by atoms with Gasteiger partial charge in [0.1, 0.15) is 46.8 Å². The third-order valence-electron chi connectivity index (χ3n) is 11.1. The largest absolute Gasteiger partial charge is 0.463 e. The molecule has 4 saturated heterocycles. The van der Waals surface area contributed by atoms with E-state index in [1.54, 1.807) is 134 Å². The SMILES string of the molecule is CC(C)(C)OC(=O)CN1CCN(CC(=O)OC(C)(C)C)CC2(COC(=O)CN2CC(=O)OC(C)(C)C)C1.CC(C)(C)OC(=O)CN1CCN(CC(=O)OC(C)(C)C)CC2(COC(=O)CN2CC(=O)OC(C)(C)C)C1. The van der Waals surface area contributed by atoms with Crippen LogP contribution in [0, 0.1) is 0 Å². The summed E-state index contributed by atoms with van der Waals surface area (Å²) in [6.07, 6.45) is 0. The molecule has 0 saturated carbocycles. The Morgan fingerprint density at radius 3 is 0.743 bits per heavy atom. The van der Waals surface area contributed by atoms with E-state index in [1.165, 1.54) is 0 Å². The van der Waals surface area contributed by atoms with Crippen molar-refractivity contribution >= 4 is 47.8 Å². The highest BCUT2D eigenvalue weighted by molar-refractivity contribution is 5.78. The number of hydrogen-bond acceptors (Lipinski definition) is 22. The van der Waals surface area contributed by atoms with Gasteiger partial charge in [0.05, 0.1) is 63.4 Å². The molecule has 4 aliphatic rings. The Morgan fingerprint density at radius 2 is 0.554 bits per heavy atom. The van der Waals surface area contributed by atoms with Crippen LogP contribution in [-0.2, 0) is 76.3 Å². The number of hydrogen-bond donors (Lipinski definition) is 0. The van der Waals surface area contributed by atoms with Crippen molar-refractivity contribution < 1.29 is 76.3 Å². The highest BCUT2D eigenvalue weighted by Crippen LogP contribution is 2.29. The molecule has 424 valence electrons. The standard InChI is InChI=1S/2C26H45N3O8/c2*1-23(2,3)35-20(31)12-27-10-11-28(13-21(32)36-24(4,5)6)17-26(16-27)18-34-19(30)14-29(26)15-22(33)37-25(7,8)9/h2*10-18H2,1-9H3. The number of ether oxygens (including phenoxy) is 8. The van der Waals surface area contributed by atoms with E-state index in [9.17, 15) is 38.4 Å². The van der Waals surface area contributed by atoms with Crippen LogP contribution in [0.1, 0.15) is 125 Å². The average Bonchev–Trinajstić information content (AvgIpc) is 3.42. The summed E-state index contributed by atoms with van der Waals surface area (Å²) in [7, 11) is 0. The molecule has 0 aromatic rings. The van der Waals surface area contributed by atoms with Crippen LogP contribution in [0.2, 0.25) is 0 Å².